The monoisotopic (exact) mass is 276 g/mol. The smallest absolute Gasteiger partial charge is 0.326 e. The van der Waals surface area contributed by atoms with E-state index in [-0.39, 0.29) is 6.03 Å². The van der Waals surface area contributed by atoms with Crippen molar-refractivity contribution in [2.45, 2.75) is 39.2 Å². The molecule has 1 heterocycles. The van der Waals surface area contributed by atoms with Crippen molar-refractivity contribution in [3.05, 3.63) is 29.3 Å². The van der Waals surface area contributed by atoms with E-state index in [9.17, 15) is 9.59 Å². The average Bonchev–Trinajstić information content (AvgIpc) is 2.43. The first-order chi connectivity index (χ1) is 9.52. The minimum absolute atomic E-state index is 0.330. The Morgan fingerprint density at radius 3 is 2.85 bits per heavy atom. The molecule has 1 aliphatic heterocycles. The first-order valence-electron chi connectivity index (χ1n) is 6.93. The van der Waals surface area contributed by atoms with Crippen molar-refractivity contribution in [2.24, 2.45) is 0 Å². The molecule has 2 N–H and O–H groups in total. The highest BCUT2D eigenvalue weighted by molar-refractivity contribution is 5.95. The van der Waals surface area contributed by atoms with Gasteiger partial charge in [0.2, 0.25) is 0 Å². The Labute approximate surface area is 118 Å². The predicted molar refractivity (Wildman–Crippen MR) is 77.1 cm³/mol. The number of carbonyl (C=O) groups excluding carboxylic acids is 1. The van der Waals surface area contributed by atoms with Gasteiger partial charge in [-0.15, -0.1) is 0 Å². The van der Waals surface area contributed by atoms with Crippen molar-refractivity contribution in [3.8, 4) is 0 Å². The van der Waals surface area contributed by atoms with Crippen molar-refractivity contribution >= 4 is 17.7 Å². The van der Waals surface area contributed by atoms with E-state index in [1.807, 2.05) is 19.1 Å². The number of rotatable bonds is 3. The number of nitrogens with zero attached hydrogens (tertiary/aromatic N) is 1. The topological polar surface area (TPSA) is 69.6 Å². The largest absolute Gasteiger partial charge is 0.480 e. The number of hydrogen-bond donors (Lipinski definition) is 2. The van der Waals surface area contributed by atoms with Crippen LogP contribution in [0.25, 0.3) is 0 Å². The normalized spacial score (nSPS) is 15.4. The van der Waals surface area contributed by atoms with Crippen molar-refractivity contribution in [1.82, 2.24) is 5.32 Å². The molecular weight excluding hydrogens is 256 g/mol. The number of benzene rings is 1. The van der Waals surface area contributed by atoms with Crippen LogP contribution in [0.5, 0.6) is 0 Å². The van der Waals surface area contributed by atoms with Crippen molar-refractivity contribution in [2.75, 3.05) is 11.4 Å². The van der Waals surface area contributed by atoms with Crippen LogP contribution in [0.3, 0.4) is 0 Å². The second-order valence-corrected chi connectivity index (χ2v) is 5.14. The number of aliphatic carboxylic acids is 1. The number of carboxylic acids is 1. The highest BCUT2D eigenvalue weighted by Gasteiger charge is 2.26. The zero-order chi connectivity index (χ0) is 14.7. The van der Waals surface area contributed by atoms with Gasteiger partial charge in [-0.05, 0) is 37.8 Å². The number of carbonyl (C=O) groups is 2. The molecule has 1 atom stereocenters. The summed E-state index contributed by atoms with van der Waals surface area (Å²) in [5, 5.41) is 11.6. The SMILES string of the molecule is CC[C@H](NC(=O)N1CCCc2cc(C)ccc21)C(=O)O. The molecule has 2 amide bonds. The van der Waals surface area contributed by atoms with E-state index in [0.717, 1.165) is 24.1 Å². The second kappa shape index (κ2) is 5.94. The van der Waals surface area contributed by atoms with Crippen LogP contribution in [0.4, 0.5) is 10.5 Å². The maximum absolute atomic E-state index is 12.3. The van der Waals surface area contributed by atoms with Crippen molar-refractivity contribution in [1.29, 1.82) is 0 Å². The Balaban J connectivity index is 2.18. The third kappa shape index (κ3) is 2.92. The number of amides is 2. The molecule has 20 heavy (non-hydrogen) atoms. The minimum atomic E-state index is -0.998. The molecule has 1 aromatic carbocycles. The summed E-state index contributed by atoms with van der Waals surface area (Å²) in [4.78, 5) is 24.9. The van der Waals surface area contributed by atoms with Crippen LogP contribution in [0.1, 0.15) is 30.9 Å². The Morgan fingerprint density at radius 1 is 1.45 bits per heavy atom. The summed E-state index contributed by atoms with van der Waals surface area (Å²) >= 11 is 0. The van der Waals surface area contributed by atoms with E-state index in [1.165, 1.54) is 5.56 Å². The quantitative estimate of drug-likeness (QED) is 0.890. The molecule has 0 unspecified atom stereocenters. The fraction of sp³-hybridized carbons (Fsp3) is 0.467. The maximum Gasteiger partial charge on any atom is 0.326 e. The zero-order valence-corrected chi connectivity index (χ0v) is 11.8. The minimum Gasteiger partial charge on any atom is -0.480 e. The molecule has 0 saturated heterocycles. The van der Waals surface area contributed by atoms with Gasteiger partial charge in [-0.25, -0.2) is 9.59 Å². The number of urea groups is 1. The summed E-state index contributed by atoms with van der Waals surface area (Å²) in [5.41, 5.74) is 3.21. The number of carboxylic acid groups (broad SMARTS) is 1. The molecule has 2 rings (SSSR count). The lowest BCUT2D eigenvalue weighted by Crippen LogP contribution is -2.49. The molecule has 1 aromatic rings. The van der Waals surface area contributed by atoms with E-state index in [4.69, 9.17) is 5.11 Å². The van der Waals surface area contributed by atoms with Crippen LogP contribution in [0, 0.1) is 6.92 Å². The van der Waals surface area contributed by atoms with Crippen LogP contribution in [0.2, 0.25) is 0 Å². The van der Waals surface area contributed by atoms with Gasteiger partial charge in [-0.2, -0.15) is 0 Å². The predicted octanol–water partition coefficient (Wildman–Crippen LogP) is 2.32. The first-order valence-corrected chi connectivity index (χ1v) is 6.93. The third-order valence-corrected chi connectivity index (χ3v) is 3.60. The molecule has 0 aliphatic carbocycles. The van der Waals surface area contributed by atoms with Crippen LogP contribution < -0.4 is 10.2 Å². The van der Waals surface area contributed by atoms with Crippen molar-refractivity contribution < 1.29 is 14.7 Å². The highest BCUT2D eigenvalue weighted by atomic mass is 16.4. The van der Waals surface area contributed by atoms with Gasteiger partial charge in [0.1, 0.15) is 6.04 Å². The number of aryl methyl sites for hydroxylation is 2. The van der Waals surface area contributed by atoms with Gasteiger partial charge in [0, 0.05) is 12.2 Å². The Hall–Kier alpha value is -2.04. The number of fused-ring (bicyclic) bond motifs is 1. The van der Waals surface area contributed by atoms with E-state index >= 15 is 0 Å². The first kappa shape index (κ1) is 14.4. The van der Waals surface area contributed by atoms with Crippen LogP contribution in [-0.4, -0.2) is 29.7 Å². The Bertz CT molecular complexity index is 528. The molecule has 0 saturated carbocycles. The lowest BCUT2D eigenvalue weighted by atomic mass is 10.00. The molecule has 0 aromatic heterocycles. The molecule has 5 nitrogen and oxygen atoms in total. The zero-order valence-electron chi connectivity index (χ0n) is 11.8. The van der Waals surface area contributed by atoms with Crippen LogP contribution >= 0.6 is 0 Å². The highest BCUT2D eigenvalue weighted by Crippen LogP contribution is 2.28. The van der Waals surface area contributed by atoms with Crippen LogP contribution in [-0.2, 0) is 11.2 Å². The second-order valence-electron chi connectivity index (χ2n) is 5.14. The summed E-state index contributed by atoms with van der Waals surface area (Å²) < 4.78 is 0. The van der Waals surface area contributed by atoms with Gasteiger partial charge in [0.15, 0.2) is 0 Å². The van der Waals surface area contributed by atoms with Gasteiger partial charge in [-0.1, -0.05) is 24.6 Å². The van der Waals surface area contributed by atoms with Gasteiger partial charge in [0.25, 0.3) is 0 Å². The fourth-order valence-corrected chi connectivity index (χ4v) is 2.50. The fourth-order valence-electron chi connectivity index (χ4n) is 2.50. The summed E-state index contributed by atoms with van der Waals surface area (Å²) in [5.74, 6) is -0.998. The van der Waals surface area contributed by atoms with Gasteiger partial charge >= 0.3 is 12.0 Å². The number of anilines is 1. The van der Waals surface area contributed by atoms with E-state index < -0.39 is 12.0 Å². The van der Waals surface area contributed by atoms with Gasteiger partial charge in [0.05, 0.1) is 0 Å². The maximum atomic E-state index is 12.3. The molecule has 5 heteroatoms. The summed E-state index contributed by atoms with van der Waals surface area (Å²) in [6.07, 6.45) is 2.22. The molecule has 108 valence electrons. The lowest BCUT2D eigenvalue weighted by molar-refractivity contribution is -0.139. The number of nitrogens with one attached hydrogen (secondary N) is 1. The van der Waals surface area contributed by atoms with Gasteiger partial charge < -0.3 is 10.4 Å². The van der Waals surface area contributed by atoms with Gasteiger partial charge in [-0.3, -0.25) is 4.90 Å². The molecule has 1 aliphatic rings. The Morgan fingerprint density at radius 2 is 2.20 bits per heavy atom. The lowest BCUT2D eigenvalue weighted by Gasteiger charge is -2.30. The van der Waals surface area contributed by atoms with E-state index in [0.29, 0.717) is 13.0 Å². The number of hydrogen-bond acceptors (Lipinski definition) is 2. The summed E-state index contributed by atoms with van der Waals surface area (Å²) in [7, 11) is 0. The molecule has 0 radical (unpaired) electrons. The Kier molecular flexibility index (Phi) is 4.27. The van der Waals surface area contributed by atoms with E-state index in [1.54, 1.807) is 11.8 Å². The molecular formula is C15H20N2O3. The van der Waals surface area contributed by atoms with E-state index in [2.05, 4.69) is 11.4 Å². The van der Waals surface area contributed by atoms with Crippen LogP contribution in [0.15, 0.2) is 18.2 Å². The van der Waals surface area contributed by atoms with Crippen molar-refractivity contribution in [3.63, 3.8) is 0 Å². The average molecular weight is 276 g/mol. The summed E-state index contributed by atoms with van der Waals surface area (Å²) in [6.45, 7) is 4.39. The molecule has 0 bridgehead atoms. The third-order valence-electron chi connectivity index (χ3n) is 3.60. The summed E-state index contributed by atoms with van der Waals surface area (Å²) in [6, 6.07) is 4.83. The molecule has 0 spiro atoms. The molecule has 0 fully saturated rings. The standard InChI is InChI=1S/C15H20N2O3/c1-3-12(14(18)19)16-15(20)17-8-4-5-11-9-10(2)6-7-13(11)17/h6-7,9,12H,3-5,8H2,1-2H3,(H,16,20)(H,18,19)/t12-/m0/s1.